The second kappa shape index (κ2) is 6.49. The van der Waals surface area contributed by atoms with Gasteiger partial charge in [0.15, 0.2) is 0 Å². The number of halogens is 3. The van der Waals surface area contributed by atoms with Crippen molar-refractivity contribution in [2.75, 3.05) is 26.9 Å². The van der Waals surface area contributed by atoms with E-state index in [4.69, 9.17) is 4.74 Å². The highest BCUT2D eigenvalue weighted by Gasteiger charge is 2.17. The summed E-state index contributed by atoms with van der Waals surface area (Å²) in [5.74, 6) is -1.51. The van der Waals surface area contributed by atoms with E-state index >= 15 is 0 Å². The number of hydrogen-bond donors (Lipinski definition) is 1. The van der Waals surface area contributed by atoms with Crippen LogP contribution >= 0.6 is 0 Å². The van der Waals surface area contributed by atoms with Crippen LogP contribution in [0.2, 0.25) is 0 Å². The quantitative estimate of drug-likeness (QED) is 0.780. The largest absolute Gasteiger partial charge is 0.497 e. The van der Waals surface area contributed by atoms with Crippen molar-refractivity contribution in [1.82, 2.24) is 5.32 Å². The maximum Gasteiger partial charge on any atom is 0.133 e. The zero-order valence-corrected chi connectivity index (χ0v) is 9.90. The zero-order valence-electron chi connectivity index (χ0n) is 9.90. The highest BCUT2D eigenvalue weighted by molar-refractivity contribution is 5.32. The van der Waals surface area contributed by atoms with Crippen molar-refractivity contribution in [3.8, 4) is 5.75 Å². The average Bonchev–Trinajstić information content (AvgIpc) is 2.28. The van der Waals surface area contributed by atoms with Gasteiger partial charge < -0.3 is 10.1 Å². The molecule has 0 bridgehead atoms. The molecule has 0 unspecified atom stereocenters. The molecule has 0 aliphatic heterocycles. The molecule has 1 aromatic carbocycles. The van der Waals surface area contributed by atoms with Crippen LogP contribution in [0, 0.1) is 11.6 Å². The van der Waals surface area contributed by atoms with Crippen molar-refractivity contribution < 1.29 is 17.9 Å². The van der Waals surface area contributed by atoms with Gasteiger partial charge in [0, 0.05) is 30.8 Å². The third-order valence-corrected chi connectivity index (χ3v) is 2.50. The Balaban J connectivity index is 2.82. The number of alkyl halides is 1. The van der Waals surface area contributed by atoms with Gasteiger partial charge in [-0.1, -0.05) is 6.92 Å². The van der Waals surface area contributed by atoms with Gasteiger partial charge in [-0.15, -0.1) is 0 Å². The van der Waals surface area contributed by atoms with Gasteiger partial charge in [0.1, 0.15) is 24.1 Å². The van der Waals surface area contributed by atoms with Crippen molar-refractivity contribution in [1.29, 1.82) is 0 Å². The highest BCUT2D eigenvalue weighted by Crippen LogP contribution is 2.26. The monoisotopic (exact) mass is 247 g/mol. The standard InChI is InChI=1S/C12H16F3NO/c1-8(7-16-4-3-13)12-10(14)5-9(17-2)6-11(12)15/h5-6,8,16H,3-4,7H2,1-2H3/t8-/m0/s1. The van der Waals surface area contributed by atoms with Gasteiger partial charge in [0.25, 0.3) is 0 Å². The van der Waals surface area contributed by atoms with Crippen molar-refractivity contribution in [2.45, 2.75) is 12.8 Å². The molecule has 0 fully saturated rings. The van der Waals surface area contributed by atoms with Gasteiger partial charge in [-0.3, -0.25) is 0 Å². The number of hydrogen-bond acceptors (Lipinski definition) is 2. The summed E-state index contributed by atoms with van der Waals surface area (Å²) >= 11 is 0. The first-order chi connectivity index (χ1) is 8.10. The smallest absolute Gasteiger partial charge is 0.133 e. The molecule has 0 aromatic heterocycles. The fraction of sp³-hybridized carbons (Fsp3) is 0.500. The number of ether oxygens (including phenoxy) is 1. The minimum atomic E-state index is -0.642. The van der Waals surface area contributed by atoms with Gasteiger partial charge >= 0.3 is 0 Å². The fourth-order valence-electron chi connectivity index (χ4n) is 1.64. The summed E-state index contributed by atoms with van der Waals surface area (Å²) in [5.41, 5.74) is -0.00263. The molecule has 96 valence electrons. The van der Waals surface area contributed by atoms with Crippen LogP contribution in [-0.4, -0.2) is 26.9 Å². The van der Waals surface area contributed by atoms with Crippen LogP contribution < -0.4 is 10.1 Å². The van der Waals surface area contributed by atoms with E-state index in [-0.39, 0.29) is 23.8 Å². The summed E-state index contributed by atoms with van der Waals surface area (Å²) in [6.45, 7) is 1.69. The van der Waals surface area contributed by atoms with Crippen LogP contribution in [0.5, 0.6) is 5.75 Å². The van der Waals surface area contributed by atoms with Crippen molar-refractivity contribution >= 4 is 0 Å². The Bertz CT molecular complexity index is 348. The van der Waals surface area contributed by atoms with E-state index in [0.29, 0.717) is 6.54 Å². The number of benzene rings is 1. The fourth-order valence-corrected chi connectivity index (χ4v) is 1.64. The molecule has 1 rings (SSSR count). The lowest BCUT2D eigenvalue weighted by Gasteiger charge is -2.15. The molecular weight excluding hydrogens is 231 g/mol. The Morgan fingerprint density at radius 2 is 1.88 bits per heavy atom. The number of rotatable bonds is 6. The van der Waals surface area contributed by atoms with Crippen LogP contribution in [0.4, 0.5) is 13.2 Å². The van der Waals surface area contributed by atoms with E-state index in [1.165, 1.54) is 7.11 Å². The van der Waals surface area contributed by atoms with Gasteiger partial charge in [-0.25, -0.2) is 13.2 Å². The van der Waals surface area contributed by atoms with E-state index in [1.807, 2.05) is 0 Å². The topological polar surface area (TPSA) is 21.3 Å². The molecule has 0 aliphatic rings. The molecule has 0 heterocycles. The van der Waals surface area contributed by atoms with Crippen molar-refractivity contribution in [3.05, 3.63) is 29.3 Å². The molecule has 1 aromatic rings. The minimum Gasteiger partial charge on any atom is -0.497 e. The van der Waals surface area contributed by atoms with Crippen LogP contribution in [0.1, 0.15) is 18.4 Å². The summed E-state index contributed by atoms with van der Waals surface area (Å²) in [6.07, 6.45) is 0. The second-order valence-electron chi connectivity index (χ2n) is 3.80. The molecule has 0 radical (unpaired) electrons. The lowest BCUT2D eigenvalue weighted by atomic mass is 9.99. The van der Waals surface area contributed by atoms with E-state index in [1.54, 1.807) is 6.92 Å². The van der Waals surface area contributed by atoms with Gasteiger partial charge in [0.05, 0.1) is 7.11 Å². The van der Waals surface area contributed by atoms with Gasteiger partial charge in [-0.2, -0.15) is 0 Å². The molecule has 17 heavy (non-hydrogen) atoms. The first-order valence-electron chi connectivity index (χ1n) is 5.39. The van der Waals surface area contributed by atoms with E-state index in [9.17, 15) is 13.2 Å². The van der Waals surface area contributed by atoms with Crippen LogP contribution in [0.25, 0.3) is 0 Å². The molecule has 1 N–H and O–H groups in total. The molecular formula is C12H16F3NO. The van der Waals surface area contributed by atoms with Crippen molar-refractivity contribution in [2.24, 2.45) is 0 Å². The molecule has 0 saturated heterocycles. The van der Waals surface area contributed by atoms with Gasteiger partial charge in [-0.05, 0) is 5.92 Å². The van der Waals surface area contributed by atoms with E-state index in [0.717, 1.165) is 12.1 Å². The third-order valence-electron chi connectivity index (χ3n) is 2.50. The molecule has 0 aliphatic carbocycles. The summed E-state index contributed by atoms with van der Waals surface area (Å²) in [7, 11) is 1.35. The maximum atomic E-state index is 13.6. The van der Waals surface area contributed by atoms with Crippen LogP contribution in [0.15, 0.2) is 12.1 Å². The molecule has 0 spiro atoms. The Morgan fingerprint density at radius 1 is 1.29 bits per heavy atom. The Hall–Kier alpha value is -1.23. The summed E-state index contributed by atoms with van der Waals surface area (Å²) < 4.78 is 43.9. The predicted molar refractivity (Wildman–Crippen MR) is 60.2 cm³/mol. The van der Waals surface area contributed by atoms with E-state index < -0.39 is 18.3 Å². The van der Waals surface area contributed by atoms with Crippen LogP contribution in [0.3, 0.4) is 0 Å². The molecule has 1 atom stereocenters. The minimum absolute atomic E-state index is 0.00263. The van der Waals surface area contributed by atoms with Crippen LogP contribution in [-0.2, 0) is 0 Å². The second-order valence-corrected chi connectivity index (χ2v) is 3.80. The number of methoxy groups -OCH3 is 1. The summed E-state index contributed by atoms with van der Waals surface area (Å²) in [4.78, 5) is 0. The average molecular weight is 247 g/mol. The summed E-state index contributed by atoms with van der Waals surface area (Å²) in [5, 5.41) is 2.78. The first-order valence-corrected chi connectivity index (χ1v) is 5.39. The molecule has 0 amide bonds. The molecule has 5 heteroatoms. The third kappa shape index (κ3) is 3.63. The number of nitrogens with one attached hydrogen (secondary N) is 1. The molecule has 2 nitrogen and oxygen atoms in total. The maximum absolute atomic E-state index is 13.6. The Kier molecular flexibility index (Phi) is 5.28. The normalized spacial score (nSPS) is 12.5. The highest BCUT2D eigenvalue weighted by atomic mass is 19.1. The lowest BCUT2D eigenvalue weighted by Crippen LogP contribution is -2.23. The van der Waals surface area contributed by atoms with Gasteiger partial charge in [0.2, 0.25) is 0 Å². The molecule has 0 saturated carbocycles. The Morgan fingerprint density at radius 3 is 2.35 bits per heavy atom. The predicted octanol–water partition coefficient (Wildman–Crippen LogP) is 2.64. The van der Waals surface area contributed by atoms with Crippen molar-refractivity contribution in [3.63, 3.8) is 0 Å². The van der Waals surface area contributed by atoms with E-state index in [2.05, 4.69) is 5.32 Å². The lowest BCUT2D eigenvalue weighted by molar-refractivity contribution is 0.403. The summed E-state index contributed by atoms with van der Waals surface area (Å²) in [6, 6.07) is 2.29. The zero-order chi connectivity index (χ0) is 12.8. The SMILES string of the molecule is COc1cc(F)c([C@@H](C)CNCCF)c(F)c1. The first kappa shape index (κ1) is 13.8. The Labute approximate surface area is 98.8 Å².